The number of piperidine rings is 1. The molecular formula is C18H27N5O. The zero-order chi connectivity index (χ0) is 17.3. The highest BCUT2D eigenvalue weighted by Crippen LogP contribution is 2.27. The van der Waals surface area contributed by atoms with Gasteiger partial charge in [0.25, 0.3) is 0 Å². The Hall–Kier alpha value is -2.11. The van der Waals surface area contributed by atoms with Gasteiger partial charge in [-0.15, -0.1) is 0 Å². The average molecular weight is 329 g/mol. The highest BCUT2D eigenvalue weighted by atomic mass is 16.2. The molecule has 1 fully saturated rings. The molecule has 1 N–H and O–H groups in total. The molecule has 130 valence electrons. The van der Waals surface area contributed by atoms with Gasteiger partial charge in [0.1, 0.15) is 0 Å². The first-order chi connectivity index (χ1) is 11.5. The van der Waals surface area contributed by atoms with E-state index < -0.39 is 0 Å². The van der Waals surface area contributed by atoms with Gasteiger partial charge in [-0.2, -0.15) is 10.2 Å². The summed E-state index contributed by atoms with van der Waals surface area (Å²) < 4.78 is 1.90. The van der Waals surface area contributed by atoms with Gasteiger partial charge in [0.15, 0.2) is 0 Å². The minimum Gasteiger partial charge on any atom is -0.342 e. The molecule has 0 aliphatic carbocycles. The molecule has 0 saturated carbocycles. The minimum atomic E-state index is -0.0212. The van der Waals surface area contributed by atoms with E-state index in [0.717, 1.165) is 49.4 Å². The van der Waals surface area contributed by atoms with E-state index in [-0.39, 0.29) is 11.8 Å². The summed E-state index contributed by atoms with van der Waals surface area (Å²) >= 11 is 0. The van der Waals surface area contributed by atoms with E-state index in [9.17, 15) is 4.79 Å². The van der Waals surface area contributed by atoms with Crippen molar-refractivity contribution in [2.75, 3.05) is 13.1 Å². The molecule has 1 amide bonds. The van der Waals surface area contributed by atoms with Crippen molar-refractivity contribution < 1.29 is 4.79 Å². The van der Waals surface area contributed by atoms with Crippen molar-refractivity contribution in [1.82, 2.24) is 24.9 Å². The molecule has 1 saturated heterocycles. The van der Waals surface area contributed by atoms with E-state index in [0.29, 0.717) is 5.92 Å². The van der Waals surface area contributed by atoms with Crippen LogP contribution in [0.3, 0.4) is 0 Å². The summed E-state index contributed by atoms with van der Waals surface area (Å²) in [4.78, 5) is 14.9. The number of nitrogens with zero attached hydrogens (tertiary/aromatic N) is 4. The van der Waals surface area contributed by atoms with Gasteiger partial charge >= 0.3 is 0 Å². The molecule has 2 atom stereocenters. The first-order valence-corrected chi connectivity index (χ1v) is 8.74. The lowest BCUT2D eigenvalue weighted by Gasteiger charge is -2.34. The molecule has 2 unspecified atom stereocenters. The van der Waals surface area contributed by atoms with E-state index in [1.807, 2.05) is 36.5 Å². The number of aromatic amines is 1. The van der Waals surface area contributed by atoms with Crippen molar-refractivity contribution in [3.05, 3.63) is 34.9 Å². The maximum Gasteiger partial charge on any atom is 0.225 e. The number of likely N-dealkylation sites (tertiary alicyclic amines) is 1. The smallest absolute Gasteiger partial charge is 0.225 e. The van der Waals surface area contributed by atoms with E-state index in [1.165, 1.54) is 5.56 Å². The second-order valence-electron chi connectivity index (χ2n) is 7.01. The number of nitrogens with one attached hydrogen (secondary N) is 1. The Morgan fingerprint density at radius 1 is 1.46 bits per heavy atom. The molecule has 2 aromatic heterocycles. The highest BCUT2D eigenvalue weighted by molar-refractivity contribution is 5.79. The number of hydrogen-bond donors (Lipinski definition) is 1. The number of carbonyl (C=O) groups is 1. The van der Waals surface area contributed by atoms with Crippen LogP contribution < -0.4 is 0 Å². The molecule has 0 aromatic carbocycles. The normalized spacial score (nSPS) is 19.5. The lowest BCUT2D eigenvalue weighted by atomic mass is 9.92. The average Bonchev–Trinajstić information content (AvgIpc) is 3.19. The summed E-state index contributed by atoms with van der Waals surface area (Å²) in [6.07, 6.45) is 4.70. The summed E-state index contributed by atoms with van der Waals surface area (Å²) in [5.74, 6) is 0.605. The second kappa shape index (κ2) is 6.79. The number of rotatable bonds is 4. The van der Waals surface area contributed by atoms with Crippen molar-refractivity contribution in [3.63, 3.8) is 0 Å². The fourth-order valence-corrected chi connectivity index (χ4v) is 3.74. The van der Waals surface area contributed by atoms with Crippen molar-refractivity contribution in [2.24, 2.45) is 13.0 Å². The number of amides is 1. The van der Waals surface area contributed by atoms with E-state index in [2.05, 4.69) is 22.2 Å². The largest absolute Gasteiger partial charge is 0.342 e. The van der Waals surface area contributed by atoms with Gasteiger partial charge < -0.3 is 4.90 Å². The van der Waals surface area contributed by atoms with Gasteiger partial charge in [0.05, 0.1) is 5.69 Å². The van der Waals surface area contributed by atoms with Gasteiger partial charge in [-0.1, -0.05) is 6.92 Å². The van der Waals surface area contributed by atoms with Crippen molar-refractivity contribution in [1.29, 1.82) is 0 Å². The summed E-state index contributed by atoms with van der Waals surface area (Å²) in [5, 5.41) is 11.6. The van der Waals surface area contributed by atoms with Gasteiger partial charge in [0, 0.05) is 49.6 Å². The van der Waals surface area contributed by atoms with Crippen LogP contribution in [0.4, 0.5) is 0 Å². The Bertz CT molecular complexity index is 703. The minimum absolute atomic E-state index is 0.0212. The monoisotopic (exact) mass is 329 g/mol. The molecule has 1 aliphatic rings. The lowest BCUT2D eigenvalue weighted by Crippen LogP contribution is -2.42. The van der Waals surface area contributed by atoms with E-state index >= 15 is 0 Å². The fraction of sp³-hybridized carbons (Fsp3) is 0.611. The number of aromatic nitrogens is 4. The number of carbonyl (C=O) groups excluding carboxylic acids is 1. The standard InChI is InChI=1S/C18H27N5O/c1-12(10-16-13(2)21-22(4)14(16)3)18(24)23-9-5-6-15(11-23)17-7-8-19-20-17/h7-8,12,15H,5-6,9-11H2,1-4H3,(H,19,20). The molecule has 3 rings (SSSR count). The Morgan fingerprint density at radius 2 is 2.25 bits per heavy atom. The Kier molecular flexibility index (Phi) is 4.73. The van der Waals surface area contributed by atoms with Gasteiger partial charge in [-0.25, -0.2) is 0 Å². The molecule has 0 bridgehead atoms. The van der Waals surface area contributed by atoms with Crippen LogP contribution in [0.1, 0.15) is 48.3 Å². The molecule has 0 spiro atoms. The first kappa shape index (κ1) is 16.7. The van der Waals surface area contributed by atoms with E-state index in [4.69, 9.17) is 0 Å². The molecular weight excluding hydrogens is 302 g/mol. The Labute approximate surface area is 143 Å². The van der Waals surface area contributed by atoms with Crippen LogP contribution in [0, 0.1) is 19.8 Å². The van der Waals surface area contributed by atoms with Crippen molar-refractivity contribution >= 4 is 5.91 Å². The third-order valence-corrected chi connectivity index (χ3v) is 5.29. The molecule has 0 radical (unpaired) electrons. The Morgan fingerprint density at radius 3 is 2.88 bits per heavy atom. The molecule has 1 aliphatic heterocycles. The zero-order valence-electron chi connectivity index (χ0n) is 15.0. The zero-order valence-corrected chi connectivity index (χ0v) is 15.0. The van der Waals surface area contributed by atoms with Crippen molar-refractivity contribution in [2.45, 2.75) is 46.0 Å². The Balaban J connectivity index is 1.66. The van der Waals surface area contributed by atoms with Crippen LogP contribution in [0.25, 0.3) is 0 Å². The fourth-order valence-electron chi connectivity index (χ4n) is 3.74. The molecule has 6 nitrogen and oxygen atoms in total. The van der Waals surface area contributed by atoms with Crippen LogP contribution in [0.5, 0.6) is 0 Å². The summed E-state index contributed by atoms with van der Waals surface area (Å²) in [7, 11) is 1.96. The number of hydrogen-bond acceptors (Lipinski definition) is 3. The SMILES string of the molecule is Cc1nn(C)c(C)c1CC(C)C(=O)N1CCCC(c2ccn[nH]2)C1. The predicted octanol–water partition coefficient (Wildman–Crippen LogP) is 2.34. The summed E-state index contributed by atoms with van der Waals surface area (Å²) in [6.45, 7) is 7.78. The topological polar surface area (TPSA) is 66.8 Å². The van der Waals surface area contributed by atoms with Gasteiger partial charge in [-0.3, -0.25) is 14.6 Å². The van der Waals surface area contributed by atoms with Crippen LogP contribution in [-0.4, -0.2) is 43.9 Å². The van der Waals surface area contributed by atoms with Gasteiger partial charge in [0.2, 0.25) is 5.91 Å². The first-order valence-electron chi connectivity index (χ1n) is 8.74. The second-order valence-corrected chi connectivity index (χ2v) is 7.01. The maximum atomic E-state index is 12.9. The third-order valence-electron chi connectivity index (χ3n) is 5.29. The molecule has 2 aromatic rings. The lowest BCUT2D eigenvalue weighted by molar-refractivity contribution is -0.136. The van der Waals surface area contributed by atoms with E-state index in [1.54, 1.807) is 6.20 Å². The third kappa shape index (κ3) is 3.23. The summed E-state index contributed by atoms with van der Waals surface area (Å²) in [5.41, 5.74) is 4.53. The van der Waals surface area contributed by atoms with Crippen LogP contribution in [0.15, 0.2) is 12.3 Å². The maximum absolute atomic E-state index is 12.9. The molecule has 24 heavy (non-hydrogen) atoms. The predicted molar refractivity (Wildman–Crippen MR) is 92.7 cm³/mol. The summed E-state index contributed by atoms with van der Waals surface area (Å²) in [6, 6.07) is 2.02. The van der Waals surface area contributed by atoms with Crippen LogP contribution in [-0.2, 0) is 18.3 Å². The quantitative estimate of drug-likeness (QED) is 0.936. The molecule has 6 heteroatoms. The van der Waals surface area contributed by atoms with Gasteiger partial charge in [-0.05, 0) is 44.7 Å². The molecule has 3 heterocycles. The highest BCUT2D eigenvalue weighted by Gasteiger charge is 2.29. The van der Waals surface area contributed by atoms with Crippen LogP contribution >= 0.6 is 0 Å². The number of aryl methyl sites for hydroxylation is 2. The number of H-pyrrole nitrogens is 1. The van der Waals surface area contributed by atoms with Crippen LogP contribution in [0.2, 0.25) is 0 Å². The van der Waals surface area contributed by atoms with Crippen molar-refractivity contribution in [3.8, 4) is 0 Å².